The van der Waals surface area contributed by atoms with Gasteiger partial charge < -0.3 is 0 Å². The second-order valence-corrected chi connectivity index (χ2v) is 10.0. The number of hydrogen-bond donors (Lipinski definition) is 0. The summed E-state index contributed by atoms with van der Waals surface area (Å²) in [7, 11) is 0. The van der Waals surface area contributed by atoms with Gasteiger partial charge in [0.25, 0.3) is 0 Å². The molecule has 0 aliphatic rings. The van der Waals surface area contributed by atoms with Crippen LogP contribution in [0.4, 0.5) is 0 Å². The van der Waals surface area contributed by atoms with Crippen LogP contribution >= 0.6 is 11.3 Å². The highest BCUT2D eigenvalue weighted by Crippen LogP contribution is 2.41. The topological polar surface area (TPSA) is 64.5 Å². The Kier molecular flexibility index (Phi) is 5.92. The molecule has 0 radical (unpaired) electrons. The van der Waals surface area contributed by atoms with Crippen LogP contribution in [0.25, 0.3) is 66.1 Å². The summed E-state index contributed by atoms with van der Waals surface area (Å²) in [4.78, 5) is 24.3. The fraction of sp³-hybridized carbons (Fsp3) is 0. The molecule has 0 bridgehead atoms. The third-order valence-corrected chi connectivity index (χ3v) is 7.61. The fourth-order valence-corrected chi connectivity index (χ4v) is 5.68. The SMILES string of the molecule is c1ccc(-c2nc(-c3ccccc3)nc(-c3ccc(-c4cccnc4)c4nc(-c5ccccc5)sc34)n2)cc1. The van der Waals surface area contributed by atoms with Gasteiger partial charge >= 0.3 is 0 Å². The number of thiazole rings is 1. The Hall–Kier alpha value is -5.07. The summed E-state index contributed by atoms with van der Waals surface area (Å²) in [5, 5.41) is 0.948. The van der Waals surface area contributed by atoms with Gasteiger partial charge in [-0.25, -0.2) is 19.9 Å². The van der Waals surface area contributed by atoms with Crippen molar-refractivity contribution in [3.63, 3.8) is 0 Å². The van der Waals surface area contributed by atoms with Crippen molar-refractivity contribution in [3.8, 4) is 55.9 Å². The lowest BCUT2D eigenvalue weighted by molar-refractivity contribution is 1.08. The molecule has 0 atom stereocenters. The Balaban J connectivity index is 1.49. The van der Waals surface area contributed by atoms with Crippen LogP contribution in [-0.2, 0) is 0 Å². The van der Waals surface area contributed by atoms with E-state index in [0.717, 1.165) is 48.6 Å². The van der Waals surface area contributed by atoms with Crippen molar-refractivity contribution in [2.24, 2.45) is 0 Å². The first kappa shape index (κ1) is 23.1. The van der Waals surface area contributed by atoms with E-state index in [0.29, 0.717) is 17.5 Å². The first-order chi connectivity index (χ1) is 19.3. The zero-order chi connectivity index (χ0) is 26.0. The fourth-order valence-electron chi connectivity index (χ4n) is 4.57. The van der Waals surface area contributed by atoms with Crippen LogP contribution in [0.15, 0.2) is 128 Å². The van der Waals surface area contributed by atoms with Gasteiger partial charge in [-0.2, -0.15) is 0 Å². The molecule has 39 heavy (non-hydrogen) atoms. The number of fused-ring (bicyclic) bond motifs is 1. The summed E-state index contributed by atoms with van der Waals surface area (Å²) in [5.41, 5.74) is 6.84. The van der Waals surface area contributed by atoms with Crippen molar-refractivity contribution < 1.29 is 0 Å². The normalized spacial score (nSPS) is 11.1. The van der Waals surface area contributed by atoms with Crippen LogP contribution in [0.3, 0.4) is 0 Å². The molecule has 0 amide bonds. The maximum Gasteiger partial charge on any atom is 0.165 e. The van der Waals surface area contributed by atoms with Crippen molar-refractivity contribution in [2.75, 3.05) is 0 Å². The second-order valence-electron chi connectivity index (χ2n) is 9.00. The van der Waals surface area contributed by atoms with E-state index >= 15 is 0 Å². The molecule has 7 rings (SSSR count). The molecule has 0 N–H and O–H groups in total. The van der Waals surface area contributed by atoms with Crippen molar-refractivity contribution in [1.29, 1.82) is 0 Å². The number of pyridine rings is 1. The molecule has 5 nitrogen and oxygen atoms in total. The Morgan fingerprint density at radius 3 is 1.56 bits per heavy atom. The minimum Gasteiger partial charge on any atom is -0.264 e. The van der Waals surface area contributed by atoms with Gasteiger partial charge in [-0.05, 0) is 12.1 Å². The van der Waals surface area contributed by atoms with Crippen molar-refractivity contribution >= 4 is 21.6 Å². The molecule has 184 valence electrons. The van der Waals surface area contributed by atoms with Gasteiger partial charge in [-0.1, -0.05) is 103 Å². The summed E-state index contributed by atoms with van der Waals surface area (Å²) in [6, 6.07) is 38.5. The predicted octanol–water partition coefficient (Wildman–Crippen LogP) is 8.21. The van der Waals surface area contributed by atoms with E-state index in [-0.39, 0.29) is 0 Å². The van der Waals surface area contributed by atoms with Gasteiger partial charge in [0.1, 0.15) is 5.01 Å². The van der Waals surface area contributed by atoms with E-state index < -0.39 is 0 Å². The van der Waals surface area contributed by atoms with Crippen LogP contribution < -0.4 is 0 Å². The smallest absolute Gasteiger partial charge is 0.165 e. The maximum absolute atomic E-state index is 5.13. The summed E-state index contributed by atoms with van der Waals surface area (Å²) in [6.45, 7) is 0. The summed E-state index contributed by atoms with van der Waals surface area (Å²) in [5.74, 6) is 1.89. The molecule has 0 aliphatic carbocycles. The number of hydrogen-bond acceptors (Lipinski definition) is 6. The lowest BCUT2D eigenvalue weighted by Crippen LogP contribution is -2.00. The molecule has 4 aromatic carbocycles. The summed E-state index contributed by atoms with van der Waals surface area (Å²) in [6.07, 6.45) is 3.66. The van der Waals surface area contributed by atoms with Gasteiger partial charge in [0, 0.05) is 45.8 Å². The number of aromatic nitrogens is 5. The molecule has 6 heteroatoms. The average molecular weight is 520 g/mol. The summed E-state index contributed by atoms with van der Waals surface area (Å²) >= 11 is 1.65. The van der Waals surface area contributed by atoms with Crippen LogP contribution in [0, 0.1) is 0 Å². The van der Waals surface area contributed by atoms with Crippen LogP contribution in [0.2, 0.25) is 0 Å². The van der Waals surface area contributed by atoms with Crippen LogP contribution in [-0.4, -0.2) is 24.9 Å². The van der Waals surface area contributed by atoms with Crippen molar-refractivity contribution in [2.45, 2.75) is 0 Å². The molecular weight excluding hydrogens is 498 g/mol. The Bertz CT molecular complexity index is 1830. The van der Waals surface area contributed by atoms with Crippen LogP contribution in [0.5, 0.6) is 0 Å². The number of rotatable bonds is 5. The number of benzene rings is 4. The quantitative estimate of drug-likeness (QED) is 0.229. The van der Waals surface area contributed by atoms with Crippen LogP contribution in [0.1, 0.15) is 0 Å². The third-order valence-electron chi connectivity index (χ3n) is 6.48. The Morgan fingerprint density at radius 2 is 0.974 bits per heavy atom. The van der Waals surface area contributed by atoms with E-state index in [1.807, 2.05) is 91.1 Å². The molecular formula is C33H21N5S. The van der Waals surface area contributed by atoms with E-state index in [1.165, 1.54) is 0 Å². The standard InChI is InChI=1S/C33H21N5S/c1-4-11-22(12-5-1)30-36-31(23-13-6-2-7-14-23)38-32(37-30)27-19-18-26(25-17-10-20-34-21-25)28-29(27)39-33(35-28)24-15-8-3-9-16-24/h1-21H. The predicted molar refractivity (Wildman–Crippen MR) is 158 cm³/mol. The molecule has 3 aromatic heterocycles. The van der Waals surface area contributed by atoms with Crippen molar-refractivity contribution in [3.05, 3.63) is 128 Å². The third kappa shape index (κ3) is 4.47. The molecule has 3 heterocycles. The van der Waals surface area contributed by atoms with E-state index in [9.17, 15) is 0 Å². The molecule has 0 saturated carbocycles. The highest BCUT2D eigenvalue weighted by atomic mass is 32.1. The van der Waals surface area contributed by atoms with Gasteiger partial charge in [-0.3, -0.25) is 4.98 Å². The largest absolute Gasteiger partial charge is 0.264 e. The zero-order valence-electron chi connectivity index (χ0n) is 20.8. The van der Waals surface area contributed by atoms with Crippen molar-refractivity contribution in [1.82, 2.24) is 24.9 Å². The highest BCUT2D eigenvalue weighted by molar-refractivity contribution is 7.22. The Morgan fingerprint density at radius 1 is 0.436 bits per heavy atom. The van der Waals surface area contributed by atoms with Gasteiger partial charge in [0.2, 0.25) is 0 Å². The lowest BCUT2D eigenvalue weighted by atomic mass is 10.0. The maximum atomic E-state index is 5.13. The minimum absolute atomic E-state index is 0.619. The molecule has 0 spiro atoms. The average Bonchev–Trinajstić information content (AvgIpc) is 3.48. The molecule has 0 saturated heterocycles. The van der Waals surface area contributed by atoms with Gasteiger partial charge in [0.15, 0.2) is 17.5 Å². The second kappa shape index (κ2) is 10.0. The lowest BCUT2D eigenvalue weighted by Gasteiger charge is -2.10. The van der Waals surface area contributed by atoms with Gasteiger partial charge in [-0.15, -0.1) is 11.3 Å². The highest BCUT2D eigenvalue weighted by Gasteiger charge is 2.19. The number of nitrogens with zero attached hydrogens (tertiary/aromatic N) is 5. The summed E-state index contributed by atoms with van der Waals surface area (Å²) < 4.78 is 1.03. The molecule has 0 unspecified atom stereocenters. The zero-order valence-corrected chi connectivity index (χ0v) is 21.6. The van der Waals surface area contributed by atoms with E-state index in [1.54, 1.807) is 17.5 Å². The first-order valence-electron chi connectivity index (χ1n) is 12.6. The first-order valence-corrected chi connectivity index (χ1v) is 13.4. The van der Waals surface area contributed by atoms with E-state index in [4.69, 9.17) is 19.9 Å². The molecule has 7 aromatic rings. The molecule has 0 fully saturated rings. The molecule has 0 aliphatic heterocycles. The monoisotopic (exact) mass is 519 g/mol. The van der Waals surface area contributed by atoms with Gasteiger partial charge in [0.05, 0.1) is 10.2 Å². The minimum atomic E-state index is 0.619. The van der Waals surface area contributed by atoms with E-state index in [2.05, 4.69) is 35.3 Å². The Labute approximate surface area is 229 Å².